The molecule has 0 spiro atoms. The molecule has 0 aliphatic carbocycles. The number of likely N-dealkylation sites (tertiary alicyclic amines) is 1. The molecule has 0 bridgehead atoms. The fourth-order valence-electron chi connectivity index (χ4n) is 8.12. The average molecular weight is 776 g/mol. The molecule has 2 heterocycles. The molecular formula is C47H67ClN2O5. The molecule has 7 nitrogen and oxygen atoms in total. The van der Waals surface area contributed by atoms with Crippen LogP contribution in [0.1, 0.15) is 157 Å². The molecule has 3 N–H and O–H groups in total. The SMILES string of the molecule is CCCCCCCCCCCCCCCC(=O)NCc1ccc(C2OC(CN3CCC(O)(c4ccc(Cl)cc4)CC3)C(C)C(c3ccc(CO)cc3)O2)cc1. The third-order valence-corrected chi connectivity index (χ3v) is 12.1. The van der Waals surface area contributed by atoms with Crippen molar-refractivity contribution < 1.29 is 24.5 Å². The number of ether oxygens (including phenoxy) is 2. The molecule has 3 aromatic rings. The van der Waals surface area contributed by atoms with E-state index in [4.69, 9.17) is 21.1 Å². The largest absolute Gasteiger partial charge is 0.392 e. The van der Waals surface area contributed by atoms with Crippen LogP contribution in [0, 0.1) is 5.92 Å². The Kier molecular flexibility index (Phi) is 18.0. The first-order valence-electron chi connectivity index (χ1n) is 21.3. The molecule has 55 heavy (non-hydrogen) atoms. The predicted molar refractivity (Wildman–Crippen MR) is 223 cm³/mol. The monoisotopic (exact) mass is 774 g/mol. The van der Waals surface area contributed by atoms with Gasteiger partial charge in [-0.3, -0.25) is 4.79 Å². The van der Waals surface area contributed by atoms with Crippen LogP contribution >= 0.6 is 11.6 Å². The van der Waals surface area contributed by atoms with E-state index in [-0.39, 0.29) is 30.6 Å². The number of nitrogens with one attached hydrogen (secondary N) is 1. The van der Waals surface area contributed by atoms with Crippen LogP contribution in [-0.2, 0) is 33.0 Å². The Labute approximate surface area is 336 Å². The number of aliphatic hydroxyl groups is 2. The zero-order valence-corrected chi connectivity index (χ0v) is 34.3. The van der Waals surface area contributed by atoms with E-state index in [2.05, 4.69) is 24.1 Å². The molecule has 0 saturated carbocycles. The number of carbonyl (C=O) groups excluding carboxylic acids is 1. The van der Waals surface area contributed by atoms with Crippen LogP contribution in [0.5, 0.6) is 0 Å². The number of unbranched alkanes of at least 4 members (excludes halogenated alkanes) is 12. The van der Waals surface area contributed by atoms with Crippen molar-refractivity contribution in [1.29, 1.82) is 0 Å². The Bertz CT molecular complexity index is 1520. The van der Waals surface area contributed by atoms with Gasteiger partial charge in [-0.05, 0) is 53.6 Å². The topological polar surface area (TPSA) is 91.3 Å². The van der Waals surface area contributed by atoms with Crippen molar-refractivity contribution in [2.75, 3.05) is 19.6 Å². The van der Waals surface area contributed by atoms with Crippen LogP contribution < -0.4 is 5.32 Å². The molecular weight excluding hydrogens is 708 g/mol. The van der Waals surface area contributed by atoms with E-state index in [1.165, 1.54) is 70.6 Å². The van der Waals surface area contributed by atoms with Gasteiger partial charge in [-0.2, -0.15) is 0 Å². The van der Waals surface area contributed by atoms with E-state index in [9.17, 15) is 15.0 Å². The molecule has 5 rings (SSSR count). The lowest BCUT2D eigenvalue weighted by molar-refractivity contribution is -0.277. The van der Waals surface area contributed by atoms with Gasteiger partial charge >= 0.3 is 0 Å². The Morgan fingerprint density at radius 2 is 1.31 bits per heavy atom. The van der Waals surface area contributed by atoms with Gasteiger partial charge in [0, 0.05) is 49.1 Å². The molecule has 2 aliphatic heterocycles. The number of piperidine rings is 1. The molecule has 1 amide bonds. The summed E-state index contributed by atoms with van der Waals surface area (Å²) in [7, 11) is 0. The number of amides is 1. The van der Waals surface area contributed by atoms with Crippen LogP contribution in [0.3, 0.4) is 0 Å². The van der Waals surface area contributed by atoms with Crippen molar-refractivity contribution in [2.45, 2.75) is 154 Å². The predicted octanol–water partition coefficient (Wildman–Crippen LogP) is 10.7. The minimum atomic E-state index is -0.865. The van der Waals surface area contributed by atoms with Crippen molar-refractivity contribution in [3.05, 3.63) is 106 Å². The van der Waals surface area contributed by atoms with Crippen molar-refractivity contribution in [3.63, 3.8) is 0 Å². The molecule has 302 valence electrons. The van der Waals surface area contributed by atoms with Crippen LogP contribution in [0.4, 0.5) is 0 Å². The Hall–Kier alpha value is -2.78. The summed E-state index contributed by atoms with van der Waals surface area (Å²) in [6.45, 7) is 7.20. The summed E-state index contributed by atoms with van der Waals surface area (Å²) in [4.78, 5) is 15.0. The van der Waals surface area contributed by atoms with Crippen LogP contribution in [0.15, 0.2) is 72.8 Å². The summed E-state index contributed by atoms with van der Waals surface area (Å²) in [5.74, 6) is 0.181. The van der Waals surface area contributed by atoms with Gasteiger partial charge in [0.2, 0.25) is 5.91 Å². The second-order valence-corrected chi connectivity index (χ2v) is 16.6. The van der Waals surface area contributed by atoms with Gasteiger partial charge in [0.25, 0.3) is 0 Å². The second kappa shape index (κ2) is 22.8. The maximum Gasteiger partial charge on any atom is 0.220 e. The van der Waals surface area contributed by atoms with Crippen molar-refractivity contribution >= 4 is 17.5 Å². The van der Waals surface area contributed by atoms with E-state index in [0.29, 0.717) is 30.8 Å². The summed E-state index contributed by atoms with van der Waals surface area (Å²) in [5.41, 5.74) is 3.95. The summed E-state index contributed by atoms with van der Waals surface area (Å²) >= 11 is 6.11. The second-order valence-electron chi connectivity index (χ2n) is 16.2. The van der Waals surface area contributed by atoms with Crippen LogP contribution in [-0.4, -0.2) is 46.8 Å². The lowest BCUT2D eigenvalue weighted by Gasteiger charge is -2.45. The number of nitrogens with zero attached hydrogens (tertiary/aromatic N) is 1. The lowest BCUT2D eigenvalue weighted by Crippen LogP contribution is -2.49. The highest BCUT2D eigenvalue weighted by atomic mass is 35.5. The molecule has 0 aromatic heterocycles. The minimum absolute atomic E-state index is 0.000704. The highest BCUT2D eigenvalue weighted by molar-refractivity contribution is 6.30. The lowest BCUT2D eigenvalue weighted by atomic mass is 9.84. The maximum absolute atomic E-state index is 12.6. The quantitative estimate of drug-likeness (QED) is 0.0881. The third kappa shape index (κ3) is 13.7. The van der Waals surface area contributed by atoms with Gasteiger partial charge in [0.15, 0.2) is 6.29 Å². The van der Waals surface area contributed by atoms with Gasteiger partial charge in [-0.25, -0.2) is 0 Å². The van der Waals surface area contributed by atoms with E-state index in [1.807, 2.05) is 72.8 Å². The van der Waals surface area contributed by atoms with Gasteiger partial charge in [0.05, 0.1) is 24.4 Å². The van der Waals surface area contributed by atoms with Crippen molar-refractivity contribution in [2.24, 2.45) is 5.92 Å². The molecule has 0 radical (unpaired) electrons. The van der Waals surface area contributed by atoms with Gasteiger partial charge in [0.1, 0.15) is 0 Å². The third-order valence-electron chi connectivity index (χ3n) is 11.9. The molecule has 4 unspecified atom stereocenters. The molecule has 2 saturated heterocycles. The number of hydrogen-bond donors (Lipinski definition) is 3. The van der Waals surface area contributed by atoms with Gasteiger partial charge in [-0.15, -0.1) is 0 Å². The summed E-state index contributed by atoms with van der Waals surface area (Å²) in [6.07, 6.45) is 17.9. The fraction of sp³-hybridized carbons (Fsp3) is 0.596. The highest BCUT2D eigenvalue weighted by Gasteiger charge is 2.41. The van der Waals surface area contributed by atoms with Gasteiger partial charge in [-0.1, -0.05) is 163 Å². The summed E-state index contributed by atoms with van der Waals surface area (Å²) in [6, 6.07) is 23.7. The standard InChI is InChI=1S/C47H67ClN2O5/c1-3-4-5-6-7-8-9-10-11-12-13-14-15-16-44(52)49-33-37-17-23-40(24-18-37)46-54-43(36(2)45(55-46)39-21-19-38(35-51)20-22-39)34-50-31-29-47(53,30-32-50)41-25-27-42(48)28-26-41/h17-28,36,43,45-46,51,53H,3-16,29-35H2,1-2H3,(H,49,52). The minimum Gasteiger partial charge on any atom is -0.392 e. The zero-order chi connectivity index (χ0) is 38.9. The zero-order valence-electron chi connectivity index (χ0n) is 33.5. The normalized spacial score (nSPS) is 21.4. The first-order chi connectivity index (χ1) is 26.8. The number of benzene rings is 3. The maximum atomic E-state index is 12.6. The van der Waals surface area contributed by atoms with E-state index >= 15 is 0 Å². The Morgan fingerprint density at radius 3 is 1.89 bits per heavy atom. The fourth-order valence-corrected chi connectivity index (χ4v) is 8.25. The molecule has 3 aromatic carbocycles. The number of carbonyl (C=O) groups is 1. The van der Waals surface area contributed by atoms with Crippen molar-refractivity contribution in [1.82, 2.24) is 10.2 Å². The number of halogens is 1. The molecule has 2 aliphatic rings. The molecule has 4 atom stereocenters. The number of hydrogen-bond acceptors (Lipinski definition) is 6. The highest BCUT2D eigenvalue weighted by Crippen LogP contribution is 2.42. The Morgan fingerprint density at radius 1 is 0.764 bits per heavy atom. The van der Waals surface area contributed by atoms with Crippen molar-refractivity contribution in [3.8, 4) is 0 Å². The average Bonchev–Trinajstić information content (AvgIpc) is 3.21. The van der Waals surface area contributed by atoms with E-state index in [1.54, 1.807) is 0 Å². The van der Waals surface area contributed by atoms with E-state index < -0.39 is 11.9 Å². The first-order valence-corrected chi connectivity index (χ1v) is 21.7. The molecule has 2 fully saturated rings. The number of rotatable bonds is 22. The first kappa shape index (κ1) is 43.3. The van der Waals surface area contributed by atoms with Crippen LogP contribution in [0.25, 0.3) is 0 Å². The smallest absolute Gasteiger partial charge is 0.220 e. The van der Waals surface area contributed by atoms with Crippen LogP contribution in [0.2, 0.25) is 5.02 Å². The van der Waals surface area contributed by atoms with E-state index in [0.717, 1.165) is 60.3 Å². The molecule has 8 heteroatoms. The van der Waals surface area contributed by atoms with Gasteiger partial charge < -0.3 is 29.9 Å². The summed E-state index contributed by atoms with van der Waals surface area (Å²) in [5, 5.41) is 24.9. The Balaban J connectivity index is 1.08. The number of aliphatic hydroxyl groups excluding tert-OH is 1. The summed E-state index contributed by atoms with van der Waals surface area (Å²) < 4.78 is 13.4.